The summed E-state index contributed by atoms with van der Waals surface area (Å²) >= 11 is 6.31. The average molecular weight is 508 g/mol. The zero-order valence-corrected chi connectivity index (χ0v) is 22.1. The Kier molecular flexibility index (Phi) is 9.19. The van der Waals surface area contributed by atoms with Crippen molar-refractivity contribution in [2.24, 2.45) is 17.6 Å². The molecule has 0 unspecified atom stereocenters. The molecule has 3 N–H and O–H groups in total. The number of nitrogens with one attached hydrogen (secondary N) is 1. The molecule has 0 spiro atoms. The van der Waals surface area contributed by atoms with Crippen LogP contribution >= 0.6 is 11.6 Å². The van der Waals surface area contributed by atoms with Crippen LogP contribution in [0.1, 0.15) is 50.5 Å². The van der Waals surface area contributed by atoms with Crippen molar-refractivity contribution < 1.29 is 4.79 Å². The number of hydrogen-bond donors (Lipinski definition) is 2. The van der Waals surface area contributed by atoms with E-state index in [0.717, 1.165) is 49.4 Å². The Morgan fingerprint density at radius 1 is 1.17 bits per heavy atom. The fraction of sp³-hybridized carbons (Fsp3) is 0.448. The van der Waals surface area contributed by atoms with E-state index in [4.69, 9.17) is 22.3 Å². The number of carbonyl (C=O) groups excluding carboxylic acids is 1. The summed E-state index contributed by atoms with van der Waals surface area (Å²) in [4.78, 5) is 21.1. The molecule has 192 valence electrons. The van der Waals surface area contributed by atoms with Crippen molar-refractivity contribution in [3.63, 3.8) is 0 Å². The first-order valence-corrected chi connectivity index (χ1v) is 13.4. The Morgan fingerprint density at radius 2 is 1.92 bits per heavy atom. The highest BCUT2D eigenvalue weighted by atomic mass is 35.5. The maximum atomic E-state index is 13.9. The van der Waals surface area contributed by atoms with E-state index in [9.17, 15) is 4.79 Å². The maximum absolute atomic E-state index is 13.9. The summed E-state index contributed by atoms with van der Waals surface area (Å²) in [6.07, 6.45) is 4.60. The number of nitrogens with two attached hydrogens (primary N) is 1. The number of nitrogens with zero attached hydrogens (tertiary/aromatic N) is 3. The Morgan fingerprint density at radius 3 is 2.58 bits per heavy atom. The lowest BCUT2D eigenvalue weighted by Crippen LogP contribution is -2.45. The predicted octanol–water partition coefficient (Wildman–Crippen LogP) is 5.13. The number of rotatable bonds is 10. The predicted molar refractivity (Wildman–Crippen MR) is 147 cm³/mol. The third-order valence-electron chi connectivity index (χ3n) is 6.93. The van der Waals surface area contributed by atoms with Gasteiger partial charge < -0.3 is 20.5 Å². The first-order valence-electron chi connectivity index (χ1n) is 13.1. The molecule has 2 heterocycles. The highest BCUT2D eigenvalue weighted by Crippen LogP contribution is 2.34. The van der Waals surface area contributed by atoms with Gasteiger partial charge >= 0.3 is 0 Å². The molecule has 2 aromatic carbocycles. The third-order valence-corrected chi connectivity index (χ3v) is 7.17. The molecule has 1 aliphatic rings. The second-order valence-electron chi connectivity index (χ2n) is 10.00. The molecular formula is C29H38ClN5O. The number of amides is 1. The van der Waals surface area contributed by atoms with Crippen LogP contribution in [0, 0.1) is 11.8 Å². The van der Waals surface area contributed by atoms with Crippen molar-refractivity contribution in [3.05, 3.63) is 77.2 Å². The van der Waals surface area contributed by atoms with Crippen LogP contribution in [0.25, 0.3) is 11.3 Å². The van der Waals surface area contributed by atoms with Gasteiger partial charge in [0.2, 0.25) is 5.91 Å². The van der Waals surface area contributed by atoms with E-state index >= 15 is 0 Å². The van der Waals surface area contributed by atoms with E-state index in [0.29, 0.717) is 24.7 Å². The topological polar surface area (TPSA) is 76.2 Å². The zero-order valence-electron chi connectivity index (χ0n) is 21.4. The van der Waals surface area contributed by atoms with Gasteiger partial charge in [-0.25, -0.2) is 4.98 Å². The van der Waals surface area contributed by atoms with Gasteiger partial charge in [0.05, 0.1) is 11.7 Å². The molecule has 6 nitrogen and oxygen atoms in total. The van der Waals surface area contributed by atoms with E-state index in [1.807, 2.05) is 30.3 Å². The summed E-state index contributed by atoms with van der Waals surface area (Å²) in [5, 5.41) is 4.06. The quantitative estimate of drug-likeness (QED) is 0.399. The molecule has 1 atom stereocenters. The molecule has 1 aliphatic heterocycles. The monoisotopic (exact) mass is 507 g/mol. The summed E-state index contributed by atoms with van der Waals surface area (Å²) in [7, 11) is 0. The number of benzene rings is 2. The van der Waals surface area contributed by atoms with Crippen molar-refractivity contribution in [2.75, 3.05) is 26.2 Å². The smallest absolute Gasteiger partial charge is 0.226 e. The number of aromatic nitrogens is 2. The van der Waals surface area contributed by atoms with Crippen molar-refractivity contribution in [1.29, 1.82) is 0 Å². The van der Waals surface area contributed by atoms with Crippen LogP contribution in [0.15, 0.2) is 60.8 Å². The lowest BCUT2D eigenvalue weighted by Gasteiger charge is -2.37. The molecule has 0 bridgehead atoms. The number of imidazole rings is 1. The van der Waals surface area contributed by atoms with Gasteiger partial charge in [0.15, 0.2) is 0 Å². The second-order valence-corrected chi connectivity index (χ2v) is 10.4. The molecular weight excluding hydrogens is 470 g/mol. The third kappa shape index (κ3) is 6.36. The van der Waals surface area contributed by atoms with Gasteiger partial charge in [0.25, 0.3) is 0 Å². The van der Waals surface area contributed by atoms with Gasteiger partial charge in [-0.05, 0) is 62.5 Å². The fourth-order valence-electron chi connectivity index (χ4n) is 5.11. The van der Waals surface area contributed by atoms with Crippen LogP contribution in [-0.2, 0) is 11.3 Å². The Bertz CT molecular complexity index is 1120. The van der Waals surface area contributed by atoms with Gasteiger partial charge in [-0.2, -0.15) is 0 Å². The molecule has 1 aromatic heterocycles. The largest absolute Gasteiger partial charge is 0.332 e. The normalized spacial score (nSPS) is 15.2. The average Bonchev–Trinajstić information content (AvgIpc) is 3.30. The van der Waals surface area contributed by atoms with Crippen molar-refractivity contribution in [1.82, 2.24) is 19.8 Å². The summed E-state index contributed by atoms with van der Waals surface area (Å²) in [5.41, 5.74) is 8.94. The number of hydrogen-bond acceptors (Lipinski definition) is 4. The molecule has 7 heteroatoms. The maximum Gasteiger partial charge on any atom is 0.226 e. The van der Waals surface area contributed by atoms with Crippen LogP contribution in [0.5, 0.6) is 0 Å². The minimum Gasteiger partial charge on any atom is -0.332 e. The van der Waals surface area contributed by atoms with E-state index in [2.05, 4.69) is 59.1 Å². The molecule has 1 saturated heterocycles. The second kappa shape index (κ2) is 12.5. The van der Waals surface area contributed by atoms with Crippen molar-refractivity contribution in [3.8, 4) is 11.3 Å². The van der Waals surface area contributed by atoms with E-state index in [1.165, 1.54) is 5.56 Å². The summed E-state index contributed by atoms with van der Waals surface area (Å²) in [5.74, 6) is 1.35. The Hall–Kier alpha value is -2.67. The highest BCUT2D eigenvalue weighted by Gasteiger charge is 2.35. The molecule has 3 aromatic rings. The highest BCUT2D eigenvalue weighted by molar-refractivity contribution is 6.30. The molecule has 0 aliphatic carbocycles. The molecule has 1 amide bonds. The number of piperidine rings is 1. The van der Waals surface area contributed by atoms with E-state index in [-0.39, 0.29) is 23.8 Å². The van der Waals surface area contributed by atoms with Gasteiger partial charge in [-0.3, -0.25) is 4.79 Å². The number of halogens is 1. The van der Waals surface area contributed by atoms with E-state index < -0.39 is 0 Å². The van der Waals surface area contributed by atoms with Gasteiger partial charge in [0.1, 0.15) is 5.82 Å². The molecule has 0 saturated carbocycles. The molecule has 1 fully saturated rings. The zero-order chi connectivity index (χ0) is 25.5. The van der Waals surface area contributed by atoms with Crippen LogP contribution < -0.4 is 11.1 Å². The Labute approximate surface area is 219 Å². The van der Waals surface area contributed by atoms with Crippen molar-refractivity contribution in [2.45, 2.75) is 45.7 Å². The SMILES string of the molecule is CC(C)[C@H](c1nc(-c2cccc(Cl)c2)cn1Cc1ccccc1)N(CCCN)C(=O)C1CCNCC1. The minimum absolute atomic E-state index is 0.0372. The molecule has 4 rings (SSSR count). The number of carbonyl (C=O) groups is 1. The Balaban J connectivity index is 1.78. The fourth-order valence-corrected chi connectivity index (χ4v) is 5.30. The van der Waals surface area contributed by atoms with Crippen LogP contribution in [0.3, 0.4) is 0 Å². The minimum atomic E-state index is -0.157. The summed E-state index contributed by atoms with van der Waals surface area (Å²) in [6.45, 7) is 7.98. The van der Waals surface area contributed by atoms with Gasteiger partial charge in [0, 0.05) is 35.8 Å². The van der Waals surface area contributed by atoms with Crippen LogP contribution in [-0.4, -0.2) is 46.5 Å². The summed E-state index contributed by atoms with van der Waals surface area (Å²) in [6, 6.07) is 18.0. The van der Waals surface area contributed by atoms with Gasteiger partial charge in [-0.1, -0.05) is 67.9 Å². The lowest BCUT2D eigenvalue weighted by atomic mass is 9.93. The standard InChI is InChI=1S/C29H38ClN5O/c1-21(2)27(35(17-7-14-31)29(36)23-12-15-32-16-13-23)28-33-26(24-10-6-11-25(30)18-24)20-34(28)19-22-8-4-3-5-9-22/h3-6,8-11,18,20-21,23,27,32H,7,12-17,19,31H2,1-2H3/t27-/m1/s1. The van der Waals surface area contributed by atoms with Crippen LogP contribution in [0.4, 0.5) is 0 Å². The van der Waals surface area contributed by atoms with Crippen molar-refractivity contribution >= 4 is 17.5 Å². The van der Waals surface area contributed by atoms with Gasteiger partial charge in [-0.15, -0.1) is 0 Å². The first-order chi connectivity index (χ1) is 17.5. The molecule has 0 radical (unpaired) electrons. The lowest BCUT2D eigenvalue weighted by molar-refractivity contribution is -0.140. The first kappa shape index (κ1) is 26.4. The summed E-state index contributed by atoms with van der Waals surface area (Å²) < 4.78 is 2.21. The molecule has 36 heavy (non-hydrogen) atoms. The van der Waals surface area contributed by atoms with Crippen LogP contribution in [0.2, 0.25) is 5.02 Å². The van der Waals surface area contributed by atoms with E-state index in [1.54, 1.807) is 0 Å².